The van der Waals surface area contributed by atoms with Gasteiger partial charge in [0.2, 0.25) is 5.91 Å². The highest BCUT2D eigenvalue weighted by Crippen LogP contribution is 2.32. The van der Waals surface area contributed by atoms with Crippen LogP contribution in [0.15, 0.2) is 53.6 Å². The number of carbonyl (C=O) groups excluding carboxylic acids is 1. The van der Waals surface area contributed by atoms with Gasteiger partial charge in [-0.15, -0.1) is 0 Å². The lowest BCUT2D eigenvalue weighted by molar-refractivity contribution is -0.118. The Balaban J connectivity index is 1.64. The van der Waals surface area contributed by atoms with Crippen molar-refractivity contribution in [2.24, 2.45) is 0 Å². The van der Waals surface area contributed by atoms with Crippen molar-refractivity contribution in [3.05, 3.63) is 76.0 Å². The van der Waals surface area contributed by atoms with Crippen LogP contribution in [-0.4, -0.2) is 26.9 Å². The largest absolute Gasteiger partial charge is 0.309 e. The van der Waals surface area contributed by atoms with Gasteiger partial charge in [-0.2, -0.15) is 0 Å². The van der Waals surface area contributed by atoms with Crippen molar-refractivity contribution >= 4 is 11.6 Å². The lowest BCUT2D eigenvalue weighted by Crippen LogP contribution is -2.38. The van der Waals surface area contributed by atoms with E-state index in [-0.39, 0.29) is 23.9 Å². The number of fused-ring (bicyclic) bond motifs is 1. The van der Waals surface area contributed by atoms with Gasteiger partial charge in [-0.3, -0.25) is 14.6 Å². The number of para-hydroxylation sites is 1. The number of nitrogens with one attached hydrogen (secondary N) is 1. The summed E-state index contributed by atoms with van der Waals surface area (Å²) in [5.74, 6) is 0.399. The minimum atomic E-state index is -0.275. The van der Waals surface area contributed by atoms with Gasteiger partial charge in [0.1, 0.15) is 5.82 Å². The molecule has 0 saturated heterocycles. The second-order valence-corrected chi connectivity index (χ2v) is 6.84. The minimum absolute atomic E-state index is 0.0312. The number of benzene rings is 1. The van der Waals surface area contributed by atoms with Crippen molar-refractivity contribution in [1.82, 2.24) is 15.0 Å². The second kappa shape index (κ2) is 6.79. The van der Waals surface area contributed by atoms with Crippen molar-refractivity contribution in [2.75, 3.05) is 4.90 Å². The Morgan fingerprint density at radius 3 is 2.70 bits per heavy atom. The molecule has 4 rings (SSSR count). The van der Waals surface area contributed by atoms with E-state index in [1.165, 1.54) is 0 Å². The SMILES string of the molecule is Cc1nc(-c2ccncc2)[nH]c(=O)c1CC(=O)N1c2ccccc2CC1C. The Hall–Kier alpha value is -3.28. The molecular formula is C21H20N4O2. The van der Waals surface area contributed by atoms with Gasteiger partial charge in [0.25, 0.3) is 5.56 Å². The summed E-state index contributed by atoms with van der Waals surface area (Å²) in [7, 11) is 0. The predicted molar refractivity (Wildman–Crippen MR) is 104 cm³/mol. The monoisotopic (exact) mass is 360 g/mol. The van der Waals surface area contributed by atoms with Crippen LogP contribution in [0.3, 0.4) is 0 Å². The van der Waals surface area contributed by atoms with Gasteiger partial charge in [0.15, 0.2) is 0 Å². The highest BCUT2D eigenvalue weighted by atomic mass is 16.2. The van der Waals surface area contributed by atoms with Gasteiger partial charge in [-0.25, -0.2) is 4.98 Å². The van der Waals surface area contributed by atoms with Gasteiger partial charge in [-0.1, -0.05) is 18.2 Å². The summed E-state index contributed by atoms with van der Waals surface area (Å²) in [6.07, 6.45) is 4.16. The van der Waals surface area contributed by atoms with Crippen molar-refractivity contribution in [2.45, 2.75) is 32.7 Å². The lowest BCUT2D eigenvalue weighted by Gasteiger charge is -2.23. The molecule has 1 aliphatic rings. The maximum absolute atomic E-state index is 13.0. The quantitative estimate of drug-likeness (QED) is 0.779. The lowest BCUT2D eigenvalue weighted by atomic mass is 10.1. The molecule has 1 amide bonds. The molecule has 27 heavy (non-hydrogen) atoms. The molecule has 0 radical (unpaired) electrons. The van der Waals surface area contributed by atoms with Gasteiger partial charge in [0, 0.05) is 40.9 Å². The number of hydrogen-bond donors (Lipinski definition) is 1. The number of hydrogen-bond acceptors (Lipinski definition) is 4. The van der Waals surface area contributed by atoms with Gasteiger partial charge in [0.05, 0.1) is 6.42 Å². The number of carbonyl (C=O) groups is 1. The molecule has 2 aromatic heterocycles. The highest BCUT2D eigenvalue weighted by molar-refractivity contribution is 5.97. The minimum Gasteiger partial charge on any atom is -0.309 e. The Labute approximate surface area is 156 Å². The standard InChI is InChI=1S/C21H20N4O2/c1-13-11-16-5-3-4-6-18(16)25(13)19(26)12-17-14(2)23-20(24-21(17)27)15-7-9-22-10-8-15/h3-10,13H,11-12H2,1-2H3,(H,23,24,27). The first-order chi connectivity index (χ1) is 13.0. The molecule has 1 N–H and O–H groups in total. The number of amides is 1. The third kappa shape index (κ3) is 3.14. The number of aromatic nitrogens is 3. The molecule has 0 aliphatic carbocycles. The average Bonchev–Trinajstić information content (AvgIpc) is 3.01. The molecule has 136 valence electrons. The first-order valence-corrected chi connectivity index (χ1v) is 8.94. The fourth-order valence-corrected chi connectivity index (χ4v) is 3.65. The Morgan fingerprint density at radius 1 is 1.22 bits per heavy atom. The van der Waals surface area contributed by atoms with E-state index >= 15 is 0 Å². The van der Waals surface area contributed by atoms with E-state index in [1.807, 2.05) is 31.2 Å². The zero-order chi connectivity index (χ0) is 19.0. The second-order valence-electron chi connectivity index (χ2n) is 6.84. The van der Waals surface area contributed by atoms with Gasteiger partial charge < -0.3 is 9.88 Å². The van der Waals surface area contributed by atoms with Crippen LogP contribution in [0.1, 0.15) is 23.7 Å². The van der Waals surface area contributed by atoms with Crippen molar-refractivity contribution in [3.8, 4) is 11.4 Å². The molecule has 1 aliphatic heterocycles. The summed E-state index contributed by atoms with van der Waals surface area (Å²) in [5, 5.41) is 0. The van der Waals surface area contributed by atoms with E-state index < -0.39 is 0 Å². The van der Waals surface area contributed by atoms with Crippen LogP contribution in [0.2, 0.25) is 0 Å². The summed E-state index contributed by atoms with van der Waals surface area (Å²) in [4.78, 5) is 38.7. The molecule has 6 heteroatoms. The molecule has 0 spiro atoms. The topological polar surface area (TPSA) is 79.0 Å². The van der Waals surface area contributed by atoms with Gasteiger partial charge >= 0.3 is 0 Å². The molecule has 1 aromatic carbocycles. The zero-order valence-electron chi connectivity index (χ0n) is 15.3. The molecule has 0 fully saturated rings. The number of anilines is 1. The number of aromatic amines is 1. The van der Waals surface area contributed by atoms with Crippen LogP contribution in [0, 0.1) is 6.92 Å². The van der Waals surface area contributed by atoms with Crippen LogP contribution in [0.25, 0.3) is 11.4 Å². The average molecular weight is 360 g/mol. The van der Waals surface area contributed by atoms with E-state index in [2.05, 4.69) is 15.0 Å². The molecule has 0 saturated carbocycles. The molecule has 3 heterocycles. The van der Waals surface area contributed by atoms with E-state index in [4.69, 9.17) is 0 Å². The number of aryl methyl sites for hydroxylation is 1. The van der Waals surface area contributed by atoms with Crippen LogP contribution in [0.5, 0.6) is 0 Å². The Bertz CT molecular complexity index is 1060. The summed E-state index contributed by atoms with van der Waals surface area (Å²) >= 11 is 0. The fraction of sp³-hybridized carbons (Fsp3) is 0.238. The Morgan fingerprint density at radius 2 is 1.96 bits per heavy atom. The Kier molecular flexibility index (Phi) is 4.32. The molecule has 0 bridgehead atoms. The maximum atomic E-state index is 13.0. The first kappa shape index (κ1) is 17.1. The molecule has 1 unspecified atom stereocenters. The fourth-order valence-electron chi connectivity index (χ4n) is 3.65. The zero-order valence-corrected chi connectivity index (χ0v) is 15.3. The van der Waals surface area contributed by atoms with Crippen molar-refractivity contribution in [1.29, 1.82) is 0 Å². The summed E-state index contributed by atoms with van der Waals surface area (Å²) < 4.78 is 0. The van der Waals surface area contributed by atoms with Crippen LogP contribution in [0.4, 0.5) is 5.69 Å². The molecule has 3 aromatic rings. The van der Waals surface area contributed by atoms with Crippen LogP contribution in [-0.2, 0) is 17.6 Å². The number of rotatable bonds is 3. The summed E-state index contributed by atoms with van der Waals surface area (Å²) in [6, 6.07) is 11.6. The first-order valence-electron chi connectivity index (χ1n) is 8.94. The van der Waals surface area contributed by atoms with Crippen LogP contribution >= 0.6 is 0 Å². The third-order valence-corrected chi connectivity index (χ3v) is 4.98. The van der Waals surface area contributed by atoms with Crippen molar-refractivity contribution < 1.29 is 4.79 Å². The predicted octanol–water partition coefficient (Wildman–Crippen LogP) is 2.66. The van der Waals surface area contributed by atoms with E-state index in [9.17, 15) is 9.59 Å². The molecule has 1 atom stereocenters. The molecular weight excluding hydrogens is 340 g/mol. The number of nitrogens with zero attached hydrogens (tertiary/aromatic N) is 3. The van der Waals surface area contributed by atoms with Crippen LogP contribution < -0.4 is 10.5 Å². The third-order valence-electron chi connectivity index (χ3n) is 4.98. The summed E-state index contributed by atoms with van der Waals surface area (Å²) in [5.41, 5.74) is 3.59. The highest BCUT2D eigenvalue weighted by Gasteiger charge is 2.31. The van der Waals surface area contributed by atoms with E-state index in [1.54, 1.807) is 36.4 Å². The smallest absolute Gasteiger partial charge is 0.255 e. The van der Waals surface area contributed by atoms with Gasteiger partial charge in [-0.05, 0) is 44.0 Å². The summed E-state index contributed by atoms with van der Waals surface area (Å²) in [6.45, 7) is 3.80. The molecule has 6 nitrogen and oxygen atoms in total. The normalized spacial score (nSPS) is 15.6. The van der Waals surface area contributed by atoms with E-state index in [0.717, 1.165) is 23.2 Å². The van der Waals surface area contributed by atoms with E-state index in [0.29, 0.717) is 17.1 Å². The van der Waals surface area contributed by atoms with Crippen molar-refractivity contribution in [3.63, 3.8) is 0 Å². The number of pyridine rings is 1. The maximum Gasteiger partial charge on any atom is 0.255 e. The number of H-pyrrole nitrogens is 1.